The van der Waals surface area contributed by atoms with Gasteiger partial charge in [0.15, 0.2) is 5.78 Å². The minimum Gasteiger partial charge on any atom is -0.295 e. The molecule has 0 aliphatic heterocycles. The van der Waals surface area contributed by atoms with Crippen LogP contribution in [0.25, 0.3) is 0 Å². The summed E-state index contributed by atoms with van der Waals surface area (Å²) in [6.07, 6.45) is 4.07. The molecular weight excluding hydrogens is 196 g/mol. The molecule has 1 nitrogen and oxygen atoms in total. The van der Waals surface area contributed by atoms with Gasteiger partial charge in [-0.2, -0.15) is 0 Å². The van der Waals surface area contributed by atoms with E-state index in [1.165, 1.54) is 11.1 Å². The molecule has 0 bridgehead atoms. The highest BCUT2D eigenvalue weighted by Crippen LogP contribution is 2.61. The van der Waals surface area contributed by atoms with E-state index >= 15 is 0 Å². The summed E-state index contributed by atoms with van der Waals surface area (Å²) in [5.74, 6) is 1.01. The lowest BCUT2D eigenvalue weighted by molar-refractivity contribution is -0.117. The fourth-order valence-corrected chi connectivity index (χ4v) is 3.91. The van der Waals surface area contributed by atoms with Gasteiger partial charge in [0, 0.05) is 12.0 Å². The van der Waals surface area contributed by atoms with Crippen LogP contribution in [0.4, 0.5) is 0 Å². The summed E-state index contributed by atoms with van der Waals surface area (Å²) in [6.45, 7) is 11.5. The molecule has 0 heterocycles. The number of Topliss-reactive ketones (excluding diaryl/α,β-unsaturated/α-hetero) is 1. The predicted octanol–water partition coefficient (Wildman–Crippen LogP) is 4.13. The Kier molecular flexibility index (Phi) is 2.56. The number of rotatable bonds is 1. The van der Waals surface area contributed by atoms with Gasteiger partial charge in [-0.3, -0.25) is 4.79 Å². The lowest BCUT2D eigenvalue weighted by Gasteiger charge is -2.36. The third kappa shape index (κ3) is 1.26. The van der Waals surface area contributed by atoms with Gasteiger partial charge in [-0.05, 0) is 36.0 Å². The van der Waals surface area contributed by atoms with Crippen LogP contribution in [0.2, 0.25) is 0 Å². The maximum atomic E-state index is 12.2. The fraction of sp³-hybridized carbons (Fsp3) is 0.800. The second-order valence-electron chi connectivity index (χ2n) is 6.34. The lowest BCUT2D eigenvalue weighted by Crippen LogP contribution is -2.31. The summed E-state index contributed by atoms with van der Waals surface area (Å²) in [4.78, 5) is 12.2. The molecule has 0 N–H and O–H groups in total. The highest BCUT2D eigenvalue weighted by atomic mass is 16.1. The zero-order chi connectivity index (χ0) is 12.1. The molecule has 2 unspecified atom stereocenters. The van der Waals surface area contributed by atoms with Gasteiger partial charge in [0.05, 0.1) is 0 Å². The summed E-state index contributed by atoms with van der Waals surface area (Å²) in [5.41, 5.74) is 3.02. The Labute approximate surface area is 99.3 Å². The SMILES string of the molecule is CCC1(C)C2=C(CCCC2=O)C(C)(C)C1C. The summed E-state index contributed by atoms with van der Waals surface area (Å²) >= 11 is 0. The molecule has 0 aromatic heterocycles. The van der Waals surface area contributed by atoms with Crippen molar-refractivity contribution < 1.29 is 4.79 Å². The Bertz CT molecular complexity index is 362. The van der Waals surface area contributed by atoms with Gasteiger partial charge in [0.2, 0.25) is 0 Å². The van der Waals surface area contributed by atoms with Crippen molar-refractivity contribution in [3.8, 4) is 0 Å². The largest absolute Gasteiger partial charge is 0.295 e. The first-order chi connectivity index (χ1) is 7.35. The summed E-state index contributed by atoms with van der Waals surface area (Å²) in [6, 6.07) is 0. The Morgan fingerprint density at radius 1 is 1.25 bits per heavy atom. The van der Waals surface area contributed by atoms with Crippen LogP contribution in [0.1, 0.15) is 60.3 Å². The van der Waals surface area contributed by atoms with Crippen LogP contribution in [0.3, 0.4) is 0 Å². The molecule has 0 saturated carbocycles. The Morgan fingerprint density at radius 3 is 2.44 bits per heavy atom. The van der Waals surface area contributed by atoms with Gasteiger partial charge in [-0.1, -0.05) is 40.2 Å². The Hall–Kier alpha value is -0.590. The van der Waals surface area contributed by atoms with E-state index in [1.807, 2.05) is 0 Å². The van der Waals surface area contributed by atoms with Crippen molar-refractivity contribution in [2.75, 3.05) is 0 Å². The van der Waals surface area contributed by atoms with Gasteiger partial charge in [0.1, 0.15) is 0 Å². The topological polar surface area (TPSA) is 17.1 Å². The fourth-order valence-electron chi connectivity index (χ4n) is 3.91. The molecule has 2 rings (SSSR count). The third-order valence-electron chi connectivity index (χ3n) is 5.53. The van der Waals surface area contributed by atoms with Gasteiger partial charge in [0.25, 0.3) is 0 Å². The maximum absolute atomic E-state index is 12.2. The molecular formula is C15H24O. The van der Waals surface area contributed by atoms with E-state index in [0.717, 1.165) is 25.7 Å². The lowest BCUT2D eigenvalue weighted by atomic mass is 9.67. The van der Waals surface area contributed by atoms with Crippen LogP contribution in [0.15, 0.2) is 11.1 Å². The smallest absolute Gasteiger partial charge is 0.159 e. The molecule has 0 aromatic carbocycles. The van der Waals surface area contributed by atoms with Crippen molar-refractivity contribution in [3.63, 3.8) is 0 Å². The molecule has 90 valence electrons. The number of allylic oxidation sites excluding steroid dienone is 2. The summed E-state index contributed by atoms with van der Waals surface area (Å²) in [5, 5.41) is 0. The van der Waals surface area contributed by atoms with Gasteiger partial charge >= 0.3 is 0 Å². The second kappa shape index (κ2) is 3.45. The first-order valence-corrected chi connectivity index (χ1v) is 6.63. The molecule has 0 radical (unpaired) electrons. The van der Waals surface area contributed by atoms with Gasteiger partial charge in [-0.15, -0.1) is 0 Å². The van der Waals surface area contributed by atoms with Crippen molar-refractivity contribution in [3.05, 3.63) is 11.1 Å². The van der Waals surface area contributed by atoms with Crippen molar-refractivity contribution in [2.24, 2.45) is 16.7 Å². The highest BCUT2D eigenvalue weighted by Gasteiger charge is 2.53. The molecule has 0 saturated heterocycles. The Balaban J connectivity index is 2.60. The number of carbonyl (C=O) groups is 1. The number of hydrogen-bond acceptors (Lipinski definition) is 1. The zero-order valence-corrected chi connectivity index (χ0v) is 11.3. The first kappa shape index (κ1) is 11.9. The Morgan fingerprint density at radius 2 is 1.88 bits per heavy atom. The van der Waals surface area contributed by atoms with Crippen LogP contribution in [-0.4, -0.2) is 5.78 Å². The number of hydrogen-bond donors (Lipinski definition) is 0. The van der Waals surface area contributed by atoms with Crippen LogP contribution in [-0.2, 0) is 4.79 Å². The van der Waals surface area contributed by atoms with E-state index in [-0.39, 0.29) is 10.8 Å². The predicted molar refractivity (Wildman–Crippen MR) is 67.2 cm³/mol. The van der Waals surface area contributed by atoms with Crippen LogP contribution < -0.4 is 0 Å². The highest BCUT2D eigenvalue weighted by molar-refractivity contribution is 5.99. The van der Waals surface area contributed by atoms with Crippen molar-refractivity contribution in [1.29, 1.82) is 0 Å². The first-order valence-electron chi connectivity index (χ1n) is 6.63. The molecule has 2 aliphatic rings. The van der Waals surface area contributed by atoms with Crippen molar-refractivity contribution in [1.82, 2.24) is 0 Å². The number of ketones is 1. The van der Waals surface area contributed by atoms with E-state index in [0.29, 0.717) is 11.7 Å². The molecule has 2 aliphatic carbocycles. The van der Waals surface area contributed by atoms with E-state index in [1.54, 1.807) is 0 Å². The number of carbonyl (C=O) groups excluding carboxylic acids is 1. The van der Waals surface area contributed by atoms with Crippen molar-refractivity contribution >= 4 is 5.78 Å². The van der Waals surface area contributed by atoms with E-state index in [2.05, 4.69) is 34.6 Å². The minimum atomic E-state index is 0.121. The third-order valence-corrected chi connectivity index (χ3v) is 5.53. The monoisotopic (exact) mass is 220 g/mol. The van der Waals surface area contributed by atoms with E-state index in [9.17, 15) is 4.79 Å². The molecule has 0 spiro atoms. The molecule has 0 amide bonds. The van der Waals surface area contributed by atoms with Crippen LogP contribution in [0, 0.1) is 16.7 Å². The standard InChI is InChI=1S/C15H24O/c1-6-15(5)10(2)14(3,4)11-8-7-9-12(16)13(11)15/h10H,6-9H2,1-5H3. The summed E-state index contributed by atoms with van der Waals surface area (Å²) < 4.78 is 0. The van der Waals surface area contributed by atoms with Crippen molar-refractivity contribution in [2.45, 2.75) is 60.3 Å². The second-order valence-corrected chi connectivity index (χ2v) is 6.34. The average molecular weight is 220 g/mol. The molecule has 16 heavy (non-hydrogen) atoms. The zero-order valence-electron chi connectivity index (χ0n) is 11.3. The molecule has 1 heteroatoms. The molecule has 2 atom stereocenters. The van der Waals surface area contributed by atoms with E-state index in [4.69, 9.17) is 0 Å². The normalized spacial score (nSPS) is 37.8. The maximum Gasteiger partial charge on any atom is 0.159 e. The minimum absolute atomic E-state index is 0.121. The average Bonchev–Trinajstić information content (AvgIpc) is 2.40. The van der Waals surface area contributed by atoms with Gasteiger partial charge in [-0.25, -0.2) is 0 Å². The quantitative estimate of drug-likeness (QED) is 0.649. The molecule has 0 fully saturated rings. The molecule has 0 aromatic rings. The van der Waals surface area contributed by atoms with Crippen LogP contribution in [0.5, 0.6) is 0 Å². The van der Waals surface area contributed by atoms with Crippen LogP contribution >= 0.6 is 0 Å². The van der Waals surface area contributed by atoms with Gasteiger partial charge < -0.3 is 0 Å². The summed E-state index contributed by atoms with van der Waals surface area (Å²) in [7, 11) is 0. The van der Waals surface area contributed by atoms with E-state index < -0.39 is 0 Å².